The van der Waals surface area contributed by atoms with Crippen molar-refractivity contribution in [2.24, 2.45) is 0 Å². The number of nitrogens with one attached hydrogen (secondary N) is 1. The smallest absolute Gasteiger partial charge is 0.336 e. The number of likely N-dealkylation sites (tertiary alicyclic amines) is 1. The van der Waals surface area contributed by atoms with Crippen LogP contribution in [0.4, 0.5) is 0 Å². The van der Waals surface area contributed by atoms with Gasteiger partial charge in [0.1, 0.15) is 17.1 Å². The summed E-state index contributed by atoms with van der Waals surface area (Å²) in [5, 5.41) is 2.33. The van der Waals surface area contributed by atoms with Crippen molar-refractivity contribution in [3.05, 3.63) is 74.6 Å². The second kappa shape index (κ2) is 7.39. The molecule has 0 bridgehead atoms. The molecule has 4 nitrogen and oxygen atoms in total. The Hall–Kier alpha value is -2.50. The highest BCUT2D eigenvalue weighted by atomic mass is 32.1. The molecule has 1 fully saturated rings. The molecule has 5 rings (SSSR count). The first-order valence-electron chi connectivity index (χ1n) is 10.3. The zero-order valence-electron chi connectivity index (χ0n) is 16.8. The van der Waals surface area contributed by atoms with E-state index in [0.717, 1.165) is 41.7 Å². The Kier molecular flexibility index (Phi) is 4.72. The topological polar surface area (TPSA) is 47.5 Å². The van der Waals surface area contributed by atoms with Crippen molar-refractivity contribution in [1.82, 2.24) is 4.98 Å². The molecule has 4 aromatic rings. The molecule has 0 radical (unpaired) electrons. The summed E-state index contributed by atoms with van der Waals surface area (Å²) >= 11 is 1.83. The standard InChI is InChI=1S/C24H24N2O2S/c1-15-10-19-18(12-23(27)28-21(19)11-16(15)2)14-26-9-5-6-17(13-26)24-25-20-7-3-4-8-22(20)29-24/h3-4,7-8,10-12,17H,5-6,9,13-14H2,1-2H3/p+1/t17-/m0/s1. The van der Waals surface area contributed by atoms with Crippen molar-refractivity contribution < 1.29 is 9.32 Å². The van der Waals surface area contributed by atoms with E-state index in [4.69, 9.17) is 9.40 Å². The van der Waals surface area contributed by atoms with Crippen LogP contribution in [-0.4, -0.2) is 18.1 Å². The lowest BCUT2D eigenvalue weighted by Gasteiger charge is -2.29. The summed E-state index contributed by atoms with van der Waals surface area (Å²) in [7, 11) is 0. The van der Waals surface area contributed by atoms with E-state index >= 15 is 0 Å². The van der Waals surface area contributed by atoms with E-state index in [2.05, 4.69) is 44.2 Å². The van der Waals surface area contributed by atoms with Gasteiger partial charge in [-0.15, -0.1) is 11.3 Å². The van der Waals surface area contributed by atoms with Crippen LogP contribution in [0.1, 0.15) is 40.5 Å². The maximum Gasteiger partial charge on any atom is 0.336 e. The average molecular weight is 406 g/mol. The van der Waals surface area contributed by atoms with Gasteiger partial charge in [0.2, 0.25) is 0 Å². The molecular formula is C24H25N2O2S+. The predicted molar refractivity (Wildman–Crippen MR) is 118 cm³/mol. The van der Waals surface area contributed by atoms with Crippen LogP contribution in [0.5, 0.6) is 0 Å². The van der Waals surface area contributed by atoms with E-state index < -0.39 is 0 Å². The van der Waals surface area contributed by atoms with E-state index in [0.29, 0.717) is 11.5 Å². The maximum absolute atomic E-state index is 12.1. The second-order valence-electron chi connectivity index (χ2n) is 8.26. The van der Waals surface area contributed by atoms with E-state index in [-0.39, 0.29) is 5.63 Å². The lowest BCUT2D eigenvalue weighted by atomic mass is 9.97. The van der Waals surface area contributed by atoms with Crippen LogP contribution < -0.4 is 10.5 Å². The van der Waals surface area contributed by atoms with Gasteiger partial charge in [-0.05, 0) is 62.1 Å². The van der Waals surface area contributed by atoms with Crippen molar-refractivity contribution in [2.75, 3.05) is 13.1 Å². The summed E-state index contributed by atoms with van der Waals surface area (Å²) in [6, 6.07) is 14.2. The number of hydrogen-bond donors (Lipinski definition) is 1. The summed E-state index contributed by atoms with van der Waals surface area (Å²) in [6.07, 6.45) is 2.38. The first-order chi connectivity index (χ1) is 14.1. The Labute approximate surface area is 173 Å². The number of quaternary nitrogens is 1. The molecule has 1 N–H and O–H groups in total. The number of piperidine rings is 1. The highest BCUT2D eigenvalue weighted by Gasteiger charge is 2.27. The van der Waals surface area contributed by atoms with Crippen LogP contribution in [0.15, 0.2) is 51.7 Å². The summed E-state index contributed by atoms with van der Waals surface area (Å²) in [4.78, 5) is 18.6. The van der Waals surface area contributed by atoms with E-state index in [1.807, 2.05) is 17.4 Å². The van der Waals surface area contributed by atoms with Crippen LogP contribution in [0.2, 0.25) is 0 Å². The molecule has 2 atom stereocenters. The number of aromatic nitrogens is 1. The molecule has 0 aliphatic carbocycles. The van der Waals surface area contributed by atoms with Crippen LogP contribution in [0, 0.1) is 13.8 Å². The van der Waals surface area contributed by atoms with E-state index in [1.54, 1.807) is 6.07 Å². The molecule has 5 heteroatoms. The minimum atomic E-state index is -0.255. The van der Waals surface area contributed by atoms with Gasteiger partial charge >= 0.3 is 5.63 Å². The summed E-state index contributed by atoms with van der Waals surface area (Å²) < 4.78 is 6.75. The SMILES string of the molecule is Cc1cc2oc(=O)cc(C[NH+]3CCC[C@H](c4nc5ccccc5s4)C3)c2cc1C. The minimum Gasteiger partial charge on any atom is -0.423 e. The Bertz CT molecular complexity index is 1220. The first-order valence-corrected chi connectivity index (χ1v) is 11.1. The molecule has 148 valence electrons. The second-order valence-corrected chi connectivity index (χ2v) is 9.33. The molecule has 1 unspecified atom stereocenters. The molecule has 2 aromatic carbocycles. The molecule has 0 saturated carbocycles. The van der Waals surface area contributed by atoms with E-state index in [1.165, 1.54) is 33.0 Å². The lowest BCUT2D eigenvalue weighted by molar-refractivity contribution is -0.919. The van der Waals surface area contributed by atoms with Gasteiger partial charge in [0, 0.05) is 17.0 Å². The number of rotatable bonds is 3. The number of benzene rings is 2. The fourth-order valence-electron chi connectivity index (χ4n) is 4.49. The Balaban J connectivity index is 1.43. The molecule has 1 saturated heterocycles. The third-order valence-electron chi connectivity index (χ3n) is 6.16. The quantitative estimate of drug-likeness (QED) is 0.525. The maximum atomic E-state index is 12.1. The number of fused-ring (bicyclic) bond motifs is 2. The fourth-order valence-corrected chi connectivity index (χ4v) is 5.59. The third kappa shape index (κ3) is 3.61. The molecule has 3 heterocycles. The zero-order valence-corrected chi connectivity index (χ0v) is 17.6. The molecule has 0 spiro atoms. The number of nitrogens with zero attached hydrogens (tertiary/aromatic N) is 1. The van der Waals surface area contributed by atoms with Crippen molar-refractivity contribution in [1.29, 1.82) is 0 Å². The minimum absolute atomic E-state index is 0.255. The summed E-state index contributed by atoms with van der Waals surface area (Å²) in [5.74, 6) is 0.492. The van der Waals surface area contributed by atoms with Crippen LogP contribution in [0.3, 0.4) is 0 Å². The van der Waals surface area contributed by atoms with Gasteiger partial charge in [0.15, 0.2) is 0 Å². The number of thiazole rings is 1. The van der Waals surface area contributed by atoms with Gasteiger partial charge in [0.25, 0.3) is 0 Å². The van der Waals surface area contributed by atoms with Gasteiger partial charge in [-0.2, -0.15) is 0 Å². The van der Waals surface area contributed by atoms with Crippen LogP contribution in [0.25, 0.3) is 21.2 Å². The highest BCUT2D eigenvalue weighted by Crippen LogP contribution is 2.30. The zero-order chi connectivity index (χ0) is 20.0. The summed E-state index contributed by atoms with van der Waals surface area (Å²) in [5.41, 5.74) is 5.04. The highest BCUT2D eigenvalue weighted by molar-refractivity contribution is 7.18. The van der Waals surface area contributed by atoms with Crippen LogP contribution >= 0.6 is 11.3 Å². The van der Waals surface area contributed by atoms with Crippen molar-refractivity contribution in [3.8, 4) is 0 Å². The van der Waals surface area contributed by atoms with Gasteiger partial charge in [0.05, 0.1) is 29.2 Å². The molecule has 29 heavy (non-hydrogen) atoms. The van der Waals surface area contributed by atoms with Gasteiger partial charge in [-0.25, -0.2) is 9.78 Å². The van der Waals surface area contributed by atoms with Crippen molar-refractivity contribution >= 4 is 32.5 Å². The Morgan fingerprint density at radius 3 is 2.86 bits per heavy atom. The monoisotopic (exact) mass is 405 g/mol. The number of hydrogen-bond acceptors (Lipinski definition) is 4. The molecule has 1 aliphatic heterocycles. The normalized spacial score (nSPS) is 19.8. The number of aryl methyl sites for hydroxylation is 2. The Morgan fingerprint density at radius 1 is 1.17 bits per heavy atom. The third-order valence-corrected chi connectivity index (χ3v) is 7.36. The Morgan fingerprint density at radius 2 is 2.00 bits per heavy atom. The summed E-state index contributed by atoms with van der Waals surface area (Å²) in [6.45, 7) is 7.22. The molecule has 2 aromatic heterocycles. The molecule has 1 aliphatic rings. The fraction of sp³-hybridized carbons (Fsp3) is 0.333. The predicted octanol–water partition coefficient (Wildman–Crippen LogP) is 3.98. The van der Waals surface area contributed by atoms with Gasteiger partial charge in [-0.1, -0.05) is 12.1 Å². The average Bonchev–Trinajstić information content (AvgIpc) is 3.14. The lowest BCUT2D eigenvalue weighted by Crippen LogP contribution is -3.12. The largest absolute Gasteiger partial charge is 0.423 e. The van der Waals surface area contributed by atoms with Gasteiger partial charge in [-0.3, -0.25) is 0 Å². The van der Waals surface area contributed by atoms with E-state index in [9.17, 15) is 4.79 Å². The van der Waals surface area contributed by atoms with Crippen molar-refractivity contribution in [3.63, 3.8) is 0 Å². The van der Waals surface area contributed by atoms with Crippen LogP contribution in [-0.2, 0) is 6.54 Å². The van der Waals surface area contributed by atoms with Gasteiger partial charge < -0.3 is 9.32 Å². The molecule has 0 amide bonds. The van der Waals surface area contributed by atoms with Crippen molar-refractivity contribution in [2.45, 2.75) is 39.2 Å². The number of para-hydroxylation sites is 1. The molecular weight excluding hydrogens is 380 g/mol. The first kappa shape index (κ1) is 18.5.